The van der Waals surface area contributed by atoms with Crippen molar-refractivity contribution in [3.8, 4) is 11.5 Å². The van der Waals surface area contributed by atoms with Crippen LogP contribution in [0.2, 0.25) is 0 Å². The molecular weight excluding hydrogens is 372 g/mol. The molecule has 1 heterocycles. The van der Waals surface area contributed by atoms with E-state index in [1.807, 2.05) is 6.92 Å². The topological polar surface area (TPSA) is 77.1 Å². The lowest BCUT2D eigenvalue weighted by atomic mass is 10.1. The van der Waals surface area contributed by atoms with E-state index in [-0.39, 0.29) is 11.8 Å². The summed E-state index contributed by atoms with van der Waals surface area (Å²) in [7, 11) is 1.59. The summed E-state index contributed by atoms with van der Waals surface area (Å²) in [6.07, 6.45) is -0.202. The lowest BCUT2D eigenvalue weighted by molar-refractivity contribution is -0.122. The number of nitrogens with zero attached hydrogens (tertiary/aromatic N) is 1. The molecule has 154 valence electrons. The second-order valence-corrected chi connectivity index (χ2v) is 6.63. The predicted molar refractivity (Wildman–Crippen MR) is 109 cm³/mol. The summed E-state index contributed by atoms with van der Waals surface area (Å²) in [5.74, 6) is 0.870. The molecule has 0 unspecified atom stereocenters. The number of rotatable bonds is 7. The van der Waals surface area contributed by atoms with Crippen LogP contribution in [0.25, 0.3) is 0 Å². The molecule has 0 spiro atoms. The van der Waals surface area contributed by atoms with Gasteiger partial charge >= 0.3 is 0 Å². The van der Waals surface area contributed by atoms with Crippen LogP contribution in [0.3, 0.4) is 0 Å². The Morgan fingerprint density at radius 1 is 1.07 bits per heavy atom. The van der Waals surface area contributed by atoms with Crippen LogP contribution in [0.15, 0.2) is 48.5 Å². The van der Waals surface area contributed by atoms with Crippen molar-refractivity contribution in [2.75, 3.05) is 38.7 Å². The normalized spacial score (nSPS) is 14.8. The van der Waals surface area contributed by atoms with E-state index in [4.69, 9.17) is 14.2 Å². The Hall–Kier alpha value is -3.06. The molecule has 1 aliphatic rings. The summed E-state index contributed by atoms with van der Waals surface area (Å²) in [5.41, 5.74) is 0.938. The van der Waals surface area contributed by atoms with Crippen molar-refractivity contribution in [2.45, 2.75) is 19.4 Å². The smallest absolute Gasteiger partial charge is 0.265 e. The van der Waals surface area contributed by atoms with Gasteiger partial charge in [-0.15, -0.1) is 0 Å². The molecule has 0 radical (unpaired) electrons. The molecule has 1 saturated heterocycles. The monoisotopic (exact) mass is 398 g/mol. The van der Waals surface area contributed by atoms with Crippen LogP contribution in [0.4, 0.5) is 5.69 Å². The average Bonchev–Trinajstić information content (AvgIpc) is 2.78. The summed E-state index contributed by atoms with van der Waals surface area (Å²) >= 11 is 0. The Morgan fingerprint density at radius 3 is 2.38 bits per heavy atom. The summed E-state index contributed by atoms with van der Waals surface area (Å²) in [6.45, 7) is 4.00. The minimum absolute atomic E-state index is 0.117. The number of hydrogen-bond acceptors (Lipinski definition) is 5. The van der Waals surface area contributed by atoms with E-state index in [1.54, 1.807) is 60.5 Å². The maximum Gasteiger partial charge on any atom is 0.265 e. The minimum Gasteiger partial charge on any atom is -0.497 e. The second kappa shape index (κ2) is 9.93. The number of methoxy groups -OCH3 is 1. The molecule has 2 amide bonds. The quantitative estimate of drug-likeness (QED) is 0.776. The van der Waals surface area contributed by atoms with Crippen LogP contribution in [0.5, 0.6) is 11.5 Å². The van der Waals surface area contributed by atoms with Gasteiger partial charge in [0.1, 0.15) is 11.5 Å². The number of para-hydroxylation sites is 1. The van der Waals surface area contributed by atoms with Crippen molar-refractivity contribution in [3.63, 3.8) is 0 Å². The molecule has 0 aromatic heterocycles. The van der Waals surface area contributed by atoms with Gasteiger partial charge in [0.2, 0.25) is 0 Å². The first-order chi connectivity index (χ1) is 14.1. The molecule has 0 bridgehead atoms. The van der Waals surface area contributed by atoms with E-state index in [9.17, 15) is 9.59 Å². The molecule has 3 rings (SSSR count). The zero-order chi connectivity index (χ0) is 20.6. The second-order valence-electron chi connectivity index (χ2n) is 6.63. The molecule has 1 aliphatic heterocycles. The first-order valence-corrected chi connectivity index (χ1v) is 9.70. The lowest BCUT2D eigenvalue weighted by Crippen LogP contribution is -2.41. The van der Waals surface area contributed by atoms with Gasteiger partial charge in [0.05, 0.1) is 31.6 Å². The average molecular weight is 398 g/mol. The number of anilines is 1. The molecular formula is C22H26N2O5. The van der Waals surface area contributed by atoms with Gasteiger partial charge in [0, 0.05) is 13.1 Å². The van der Waals surface area contributed by atoms with Gasteiger partial charge in [-0.3, -0.25) is 9.59 Å². The van der Waals surface area contributed by atoms with Crippen LogP contribution in [0, 0.1) is 0 Å². The van der Waals surface area contributed by atoms with E-state index < -0.39 is 6.10 Å². The fraction of sp³-hybridized carbons (Fsp3) is 0.364. The van der Waals surface area contributed by atoms with E-state index in [0.29, 0.717) is 55.5 Å². The fourth-order valence-electron chi connectivity index (χ4n) is 3.07. The van der Waals surface area contributed by atoms with Gasteiger partial charge < -0.3 is 24.4 Å². The van der Waals surface area contributed by atoms with Crippen molar-refractivity contribution in [2.24, 2.45) is 0 Å². The number of benzene rings is 2. The molecule has 1 atom stereocenters. The highest BCUT2D eigenvalue weighted by atomic mass is 16.5. The predicted octanol–water partition coefficient (Wildman–Crippen LogP) is 2.96. The van der Waals surface area contributed by atoms with Gasteiger partial charge in [-0.2, -0.15) is 0 Å². The van der Waals surface area contributed by atoms with Crippen LogP contribution < -0.4 is 14.8 Å². The number of amides is 2. The van der Waals surface area contributed by atoms with Gasteiger partial charge in [0.25, 0.3) is 11.8 Å². The SMILES string of the molecule is CC[C@H](Oc1ccc(OC)cc1)C(=O)Nc1ccccc1C(=O)N1CCOCC1. The third-order valence-corrected chi connectivity index (χ3v) is 4.71. The van der Waals surface area contributed by atoms with Crippen molar-refractivity contribution >= 4 is 17.5 Å². The van der Waals surface area contributed by atoms with Gasteiger partial charge in [-0.1, -0.05) is 19.1 Å². The Labute approximate surface area is 170 Å². The number of morpholine rings is 1. The van der Waals surface area contributed by atoms with Crippen LogP contribution in [-0.2, 0) is 9.53 Å². The highest BCUT2D eigenvalue weighted by Crippen LogP contribution is 2.21. The van der Waals surface area contributed by atoms with Gasteiger partial charge in [-0.25, -0.2) is 0 Å². The first kappa shape index (κ1) is 20.7. The Balaban J connectivity index is 1.70. The zero-order valence-corrected chi connectivity index (χ0v) is 16.7. The highest BCUT2D eigenvalue weighted by Gasteiger charge is 2.24. The summed E-state index contributed by atoms with van der Waals surface area (Å²) in [4.78, 5) is 27.4. The minimum atomic E-state index is -0.685. The van der Waals surface area contributed by atoms with Crippen LogP contribution >= 0.6 is 0 Å². The summed E-state index contributed by atoms with van der Waals surface area (Å²) < 4.78 is 16.3. The van der Waals surface area contributed by atoms with E-state index in [1.165, 1.54) is 0 Å². The molecule has 2 aromatic carbocycles. The van der Waals surface area contributed by atoms with Crippen molar-refractivity contribution in [1.29, 1.82) is 0 Å². The fourth-order valence-corrected chi connectivity index (χ4v) is 3.07. The summed E-state index contributed by atoms with van der Waals surface area (Å²) in [5, 5.41) is 2.86. The molecule has 1 fully saturated rings. The van der Waals surface area contributed by atoms with Crippen molar-refractivity contribution in [3.05, 3.63) is 54.1 Å². The molecule has 1 N–H and O–H groups in total. The Morgan fingerprint density at radius 2 is 1.72 bits per heavy atom. The largest absolute Gasteiger partial charge is 0.497 e. The van der Waals surface area contributed by atoms with Crippen molar-refractivity contribution in [1.82, 2.24) is 4.90 Å². The number of hydrogen-bond donors (Lipinski definition) is 1. The molecule has 7 heteroatoms. The van der Waals surface area contributed by atoms with Gasteiger partial charge in [0.15, 0.2) is 6.10 Å². The molecule has 0 saturated carbocycles. The lowest BCUT2D eigenvalue weighted by Gasteiger charge is -2.27. The van der Waals surface area contributed by atoms with E-state index >= 15 is 0 Å². The standard InChI is InChI=1S/C22H26N2O5/c1-3-20(29-17-10-8-16(27-2)9-11-17)21(25)23-19-7-5-4-6-18(19)22(26)24-12-14-28-15-13-24/h4-11,20H,3,12-15H2,1-2H3,(H,23,25)/t20-/m0/s1. The molecule has 2 aromatic rings. The van der Waals surface area contributed by atoms with Crippen LogP contribution in [0.1, 0.15) is 23.7 Å². The zero-order valence-electron chi connectivity index (χ0n) is 16.7. The van der Waals surface area contributed by atoms with Gasteiger partial charge in [-0.05, 0) is 42.8 Å². The third kappa shape index (κ3) is 5.26. The summed E-state index contributed by atoms with van der Waals surface area (Å²) in [6, 6.07) is 14.1. The maximum absolute atomic E-state index is 12.9. The number of nitrogens with one attached hydrogen (secondary N) is 1. The number of carbonyl (C=O) groups excluding carboxylic acids is 2. The number of carbonyl (C=O) groups is 2. The Kier molecular flexibility index (Phi) is 7.08. The van der Waals surface area contributed by atoms with Crippen molar-refractivity contribution < 1.29 is 23.8 Å². The molecule has 7 nitrogen and oxygen atoms in total. The molecule has 0 aliphatic carbocycles. The molecule has 29 heavy (non-hydrogen) atoms. The maximum atomic E-state index is 12.9. The van der Waals surface area contributed by atoms with E-state index in [0.717, 1.165) is 0 Å². The number of ether oxygens (including phenoxy) is 3. The first-order valence-electron chi connectivity index (χ1n) is 9.70. The third-order valence-electron chi connectivity index (χ3n) is 4.71. The highest BCUT2D eigenvalue weighted by molar-refractivity contribution is 6.04. The Bertz CT molecular complexity index is 831. The van der Waals surface area contributed by atoms with E-state index in [2.05, 4.69) is 5.32 Å². The van der Waals surface area contributed by atoms with Crippen LogP contribution in [-0.4, -0.2) is 56.2 Å².